The Labute approximate surface area is 508 Å². The van der Waals surface area contributed by atoms with Gasteiger partial charge in [0, 0.05) is 49.8 Å². The van der Waals surface area contributed by atoms with Gasteiger partial charge < -0.3 is 13.9 Å². The maximum atomic E-state index is 9.27. The Morgan fingerprint density at radius 3 is 1.66 bits per heavy atom. The third-order valence-corrected chi connectivity index (χ3v) is 15.3. The second-order valence-corrected chi connectivity index (χ2v) is 26.6. The van der Waals surface area contributed by atoms with Crippen LogP contribution in [-0.2, 0) is 48.1 Å². The summed E-state index contributed by atoms with van der Waals surface area (Å²) in [4.78, 5) is 5.00. The van der Waals surface area contributed by atoms with Gasteiger partial charge in [-0.15, -0.1) is 34.8 Å². The van der Waals surface area contributed by atoms with E-state index in [4.69, 9.17) is 18.9 Å². The molecule has 0 spiro atoms. The Morgan fingerprint density at radius 2 is 1.05 bits per heavy atom. The van der Waals surface area contributed by atoms with Crippen LogP contribution in [0.25, 0.3) is 83.8 Å². The molecule has 0 radical (unpaired) electrons. The molecule has 0 bridgehead atoms. The molecule has 0 aliphatic carbocycles. The van der Waals surface area contributed by atoms with Crippen LogP contribution in [0.15, 0.2) is 182 Å². The Hall–Kier alpha value is -7.66. The number of aromatic nitrogens is 5. The van der Waals surface area contributed by atoms with E-state index in [0.29, 0.717) is 34.3 Å². The van der Waals surface area contributed by atoms with Gasteiger partial charge in [0.2, 0.25) is 0 Å². The first-order valence-corrected chi connectivity index (χ1v) is 28.1. The number of benzene rings is 8. The standard InChI is InChI=1S/C75H75N5O.Pt/c1-71(2,3)54-36-37-76-68(45-54)80-66-35-32-51(52-38-55(72(4,5)6)43-56(39-52)73(7,8)9)42-65(66)64-34-33-61(47-67(64)80)81-60-29-22-28-59(46-60)78-48-79(77-70(78)50-26-20-17-21-27-50)69-62(49-24-18-16-19-25-49)30-23-31-63(69)53-40-57(74(10,11)12)44-58(41-53)75(13,14)15;/h16-45H,1-15H3;/q-2;/i16D,18D,19D,24D,25D;. The summed E-state index contributed by atoms with van der Waals surface area (Å²) in [5.74, 6) is 2.20. The van der Waals surface area contributed by atoms with Crippen molar-refractivity contribution in [2.45, 2.75) is 131 Å². The summed E-state index contributed by atoms with van der Waals surface area (Å²) in [6.45, 7) is 33.4. The van der Waals surface area contributed by atoms with Gasteiger partial charge in [0.05, 0.1) is 12.5 Å². The average Bonchev–Trinajstić information content (AvgIpc) is 1.72. The van der Waals surface area contributed by atoms with Crippen LogP contribution in [0.1, 0.15) is 139 Å². The topological polar surface area (TPSA) is 48.8 Å². The summed E-state index contributed by atoms with van der Waals surface area (Å²) in [6.07, 6.45) is 5.46. The fourth-order valence-corrected chi connectivity index (χ4v) is 10.4. The van der Waals surface area contributed by atoms with Crippen molar-refractivity contribution in [3.8, 4) is 73.5 Å². The fraction of sp³-hybridized carbons (Fsp3) is 0.267. The number of hydrogen-bond acceptors (Lipinski definition) is 3. The largest absolute Gasteiger partial charge is 0.510 e. The van der Waals surface area contributed by atoms with E-state index in [1.165, 1.54) is 16.7 Å². The van der Waals surface area contributed by atoms with Gasteiger partial charge in [-0.05, 0) is 112 Å². The zero-order chi connectivity index (χ0) is 61.7. The molecule has 0 unspecified atom stereocenters. The molecule has 7 heteroatoms. The summed E-state index contributed by atoms with van der Waals surface area (Å²) in [7, 11) is 0. The SMILES string of the molecule is [2H]c1c([2H])c([2H])c(-c2cccc(-c3cc(C(C)(C)C)cc(C(C)(C)C)c3)c2-[n+]2[c-]n(-c3[c-]c(Oc4[c-]c5c(cc4)c4cc(-c6cc(C(C)(C)C)cc(C(C)(C)C)c6)ccc4n5-c4cc(C(C)(C)C)ccn4)ccc3)c(-c3ccccc3)n2)c([2H])c1[2H].[Pt]. The van der Waals surface area contributed by atoms with E-state index in [2.05, 4.69) is 200 Å². The van der Waals surface area contributed by atoms with Crippen LogP contribution in [0.5, 0.6) is 11.5 Å². The molecule has 0 fully saturated rings. The van der Waals surface area contributed by atoms with E-state index in [1.54, 1.807) is 10.7 Å². The maximum absolute atomic E-state index is 9.27. The number of hydrogen-bond donors (Lipinski definition) is 0. The Balaban J connectivity index is 0.00000838. The predicted molar refractivity (Wildman–Crippen MR) is 335 cm³/mol. The van der Waals surface area contributed by atoms with Crippen molar-refractivity contribution in [1.82, 2.24) is 19.2 Å². The average molecular weight is 1260 g/mol. The first kappa shape index (κ1) is 51.2. The number of rotatable bonds is 9. The van der Waals surface area contributed by atoms with E-state index >= 15 is 0 Å². The van der Waals surface area contributed by atoms with Crippen LogP contribution in [0.4, 0.5) is 0 Å². The van der Waals surface area contributed by atoms with Crippen LogP contribution in [0, 0.1) is 18.5 Å². The van der Waals surface area contributed by atoms with Crippen molar-refractivity contribution in [3.63, 3.8) is 0 Å². The first-order valence-electron chi connectivity index (χ1n) is 30.6. The van der Waals surface area contributed by atoms with Crippen LogP contribution < -0.4 is 9.42 Å². The zero-order valence-electron chi connectivity index (χ0n) is 54.9. The summed E-state index contributed by atoms with van der Waals surface area (Å²) in [5.41, 5.74) is 13.4. The quantitative estimate of drug-likeness (QED) is 0.107. The van der Waals surface area contributed by atoms with Gasteiger partial charge in [-0.25, -0.2) is 4.98 Å². The fourth-order valence-electron chi connectivity index (χ4n) is 10.4. The summed E-state index contributed by atoms with van der Waals surface area (Å²) in [5, 5.41) is 7.42. The summed E-state index contributed by atoms with van der Waals surface area (Å²) >= 11 is 0. The van der Waals surface area contributed by atoms with Crippen LogP contribution in [-0.4, -0.2) is 19.2 Å². The van der Waals surface area contributed by atoms with Gasteiger partial charge in [-0.3, -0.25) is 0 Å². The van der Waals surface area contributed by atoms with Gasteiger partial charge in [0.15, 0.2) is 5.82 Å². The molecule has 0 aliphatic rings. The number of nitrogens with zero attached hydrogens (tertiary/aromatic N) is 5. The molecular formula is C75H75N5OPt-2. The van der Waals surface area contributed by atoms with Crippen molar-refractivity contribution in [2.75, 3.05) is 0 Å². The number of pyridine rings is 1. The molecule has 0 amide bonds. The Bertz CT molecular complexity index is 4380. The first-order chi connectivity index (χ1) is 40.3. The second kappa shape index (κ2) is 21.6. The van der Waals surface area contributed by atoms with E-state index in [-0.39, 0.29) is 65.8 Å². The third-order valence-electron chi connectivity index (χ3n) is 15.3. The van der Waals surface area contributed by atoms with E-state index < -0.39 is 18.1 Å². The predicted octanol–water partition coefficient (Wildman–Crippen LogP) is 19.0. The molecule has 8 aromatic carbocycles. The molecule has 11 aromatic rings. The maximum Gasteiger partial charge on any atom is 0.272 e. The molecule has 0 aliphatic heterocycles. The molecule has 6 nitrogen and oxygen atoms in total. The zero-order valence-corrected chi connectivity index (χ0v) is 52.2. The molecule has 418 valence electrons. The van der Waals surface area contributed by atoms with E-state index in [0.717, 1.165) is 66.6 Å². The van der Waals surface area contributed by atoms with Crippen LogP contribution >= 0.6 is 0 Å². The van der Waals surface area contributed by atoms with Gasteiger partial charge in [0.25, 0.3) is 6.33 Å². The molecule has 11 rings (SSSR count). The number of fused-ring (bicyclic) bond motifs is 3. The van der Waals surface area contributed by atoms with Crippen molar-refractivity contribution in [2.24, 2.45) is 0 Å². The summed E-state index contributed by atoms with van der Waals surface area (Å²) < 4.78 is 57.2. The van der Waals surface area contributed by atoms with Crippen LogP contribution in [0.2, 0.25) is 0 Å². The normalized spacial score (nSPS) is 13.3. The smallest absolute Gasteiger partial charge is 0.272 e. The minimum atomic E-state index is -0.466. The van der Waals surface area contributed by atoms with Crippen molar-refractivity contribution >= 4 is 21.8 Å². The molecule has 3 aromatic heterocycles. The van der Waals surface area contributed by atoms with Gasteiger partial charge >= 0.3 is 0 Å². The molecule has 3 heterocycles. The van der Waals surface area contributed by atoms with E-state index in [9.17, 15) is 2.74 Å². The molecule has 0 saturated carbocycles. The Kier molecular flexibility index (Phi) is 13.5. The van der Waals surface area contributed by atoms with Gasteiger partial charge in [-0.1, -0.05) is 242 Å². The van der Waals surface area contributed by atoms with Gasteiger partial charge in [0.1, 0.15) is 5.82 Å². The number of ether oxygens (including phenoxy) is 1. The monoisotopic (exact) mass is 1260 g/mol. The molecule has 0 saturated heterocycles. The molecule has 82 heavy (non-hydrogen) atoms. The summed E-state index contributed by atoms with van der Waals surface area (Å²) in [6, 6.07) is 55.2. The minimum absolute atomic E-state index is 0. The number of para-hydroxylation sites is 1. The third kappa shape index (κ3) is 11.6. The van der Waals surface area contributed by atoms with E-state index in [1.807, 2.05) is 77.5 Å². The van der Waals surface area contributed by atoms with Gasteiger partial charge in [-0.2, -0.15) is 22.9 Å². The minimum Gasteiger partial charge on any atom is -0.510 e. The molecule has 0 atom stereocenters. The van der Waals surface area contributed by atoms with Crippen molar-refractivity contribution < 1.29 is 37.3 Å². The second-order valence-electron chi connectivity index (χ2n) is 26.6. The Morgan fingerprint density at radius 1 is 0.476 bits per heavy atom. The molecule has 0 N–H and O–H groups in total. The van der Waals surface area contributed by atoms with Crippen molar-refractivity contribution in [3.05, 3.63) is 228 Å². The van der Waals surface area contributed by atoms with Crippen molar-refractivity contribution in [1.29, 1.82) is 0 Å². The molecular weight excluding hydrogens is 1180 g/mol. The van der Waals surface area contributed by atoms with Crippen LogP contribution in [0.3, 0.4) is 0 Å².